The molecule has 0 atom stereocenters. The molecule has 2 rings (SSSR count). The van der Waals surface area contributed by atoms with Crippen molar-refractivity contribution < 1.29 is 4.42 Å². The first-order chi connectivity index (χ1) is 6.66. The minimum Gasteiger partial charge on any atom is -0.440 e. The van der Waals surface area contributed by atoms with Crippen molar-refractivity contribution in [1.29, 1.82) is 0 Å². The summed E-state index contributed by atoms with van der Waals surface area (Å²) in [5.74, 6) is 1.47. The van der Waals surface area contributed by atoms with Crippen LogP contribution in [0.5, 0.6) is 0 Å². The lowest BCUT2D eigenvalue weighted by Gasteiger charge is -1.99. The van der Waals surface area contributed by atoms with E-state index in [9.17, 15) is 0 Å². The molecule has 0 spiro atoms. The molecule has 0 saturated carbocycles. The number of aryl methyl sites for hydroxylation is 2. The van der Waals surface area contributed by atoms with Crippen LogP contribution in [0.4, 0.5) is 5.82 Å². The average Bonchev–Trinajstić information content (AvgIpc) is 2.56. The minimum absolute atomic E-state index is 0.331. The van der Waals surface area contributed by atoms with E-state index in [0.717, 1.165) is 11.5 Å². The van der Waals surface area contributed by atoms with Crippen LogP contribution < -0.4 is 5.73 Å². The molecule has 0 aliphatic rings. The van der Waals surface area contributed by atoms with Crippen LogP contribution in [0.15, 0.2) is 16.8 Å². The summed E-state index contributed by atoms with van der Waals surface area (Å²) in [5, 5.41) is 0. The van der Waals surface area contributed by atoms with Crippen molar-refractivity contribution in [3.8, 4) is 11.6 Å². The fourth-order valence-corrected chi connectivity index (χ4v) is 1.11. The first-order valence-electron chi connectivity index (χ1n) is 4.19. The van der Waals surface area contributed by atoms with Crippen LogP contribution >= 0.6 is 0 Å². The normalized spacial score (nSPS) is 10.4. The Morgan fingerprint density at radius 3 is 2.64 bits per heavy atom. The van der Waals surface area contributed by atoms with Gasteiger partial charge in [-0.15, -0.1) is 0 Å². The maximum absolute atomic E-state index is 5.66. The molecule has 0 fully saturated rings. The Hall–Kier alpha value is -1.91. The Kier molecular flexibility index (Phi) is 1.92. The topological polar surface area (TPSA) is 77.8 Å². The van der Waals surface area contributed by atoms with E-state index >= 15 is 0 Å². The average molecular weight is 190 g/mol. The van der Waals surface area contributed by atoms with E-state index in [1.54, 1.807) is 12.4 Å². The Morgan fingerprint density at radius 2 is 2.00 bits per heavy atom. The van der Waals surface area contributed by atoms with Gasteiger partial charge in [0, 0.05) is 0 Å². The van der Waals surface area contributed by atoms with Crippen LogP contribution in [-0.2, 0) is 0 Å². The van der Waals surface area contributed by atoms with Crippen molar-refractivity contribution in [3.63, 3.8) is 0 Å². The highest BCUT2D eigenvalue weighted by molar-refractivity contribution is 5.61. The van der Waals surface area contributed by atoms with E-state index in [1.165, 1.54) is 0 Å². The Bertz CT molecular complexity index is 464. The Morgan fingerprint density at radius 1 is 1.21 bits per heavy atom. The van der Waals surface area contributed by atoms with Crippen molar-refractivity contribution in [2.45, 2.75) is 13.8 Å². The minimum atomic E-state index is 0.331. The molecule has 72 valence electrons. The molecule has 0 amide bonds. The highest BCUT2D eigenvalue weighted by Gasteiger charge is 2.11. The lowest BCUT2D eigenvalue weighted by Crippen LogP contribution is -1.98. The number of nitrogens with zero attached hydrogens (tertiary/aromatic N) is 3. The van der Waals surface area contributed by atoms with Crippen LogP contribution in [0.3, 0.4) is 0 Å². The molecule has 2 heterocycles. The summed E-state index contributed by atoms with van der Waals surface area (Å²) >= 11 is 0. The second-order valence-corrected chi connectivity index (χ2v) is 3.02. The first kappa shape index (κ1) is 8.68. The zero-order valence-corrected chi connectivity index (χ0v) is 7.98. The van der Waals surface area contributed by atoms with Crippen LogP contribution in [0.2, 0.25) is 0 Å². The Labute approximate surface area is 81.0 Å². The van der Waals surface area contributed by atoms with Gasteiger partial charge in [-0.2, -0.15) is 0 Å². The van der Waals surface area contributed by atoms with Gasteiger partial charge >= 0.3 is 0 Å². The molecule has 0 radical (unpaired) electrons. The van der Waals surface area contributed by atoms with Gasteiger partial charge in [-0.1, -0.05) is 0 Å². The van der Waals surface area contributed by atoms with E-state index in [-0.39, 0.29) is 0 Å². The molecule has 5 nitrogen and oxygen atoms in total. The third kappa shape index (κ3) is 1.44. The molecule has 0 aliphatic carbocycles. The SMILES string of the molecule is Cc1cnc(N)c(-c2ncc(C)o2)n1. The fraction of sp³-hybridized carbons (Fsp3) is 0.222. The number of hydrogen-bond acceptors (Lipinski definition) is 5. The zero-order chi connectivity index (χ0) is 10.1. The van der Waals surface area contributed by atoms with E-state index in [2.05, 4.69) is 15.0 Å². The van der Waals surface area contributed by atoms with Crippen LogP contribution in [0.1, 0.15) is 11.5 Å². The number of oxazole rings is 1. The highest BCUT2D eigenvalue weighted by Crippen LogP contribution is 2.21. The second-order valence-electron chi connectivity index (χ2n) is 3.02. The first-order valence-corrected chi connectivity index (χ1v) is 4.19. The molecule has 0 bridgehead atoms. The van der Waals surface area contributed by atoms with Gasteiger partial charge in [0.1, 0.15) is 5.76 Å². The van der Waals surface area contributed by atoms with Gasteiger partial charge in [0.25, 0.3) is 0 Å². The summed E-state index contributed by atoms with van der Waals surface area (Å²) in [6.07, 6.45) is 3.23. The van der Waals surface area contributed by atoms with Crippen molar-refractivity contribution >= 4 is 5.82 Å². The van der Waals surface area contributed by atoms with E-state index in [4.69, 9.17) is 10.2 Å². The van der Waals surface area contributed by atoms with Gasteiger partial charge in [0.05, 0.1) is 18.1 Å². The summed E-state index contributed by atoms with van der Waals surface area (Å²) in [5.41, 5.74) is 6.94. The number of anilines is 1. The largest absolute Gasteiger partial charge is 0.440 e. The second kappa shape index (κ2) is 3.10. The van der Waals surface area contributed by atoms with E-state index < -0.39 is 0 Å². The number of rotatable bonds is 1. The number of nitrogen functional groups attached to an aromatic ring is 1. The van der Waals surface area contributed by atoms with Crippen molar-refractivity contribution in [2.75, 3.05) is 5.73 Å². The summed E-state index contributed by atoms with van der Waals surface area (Å²) in [6.45, 7) is 3.65. The van der Waals surface area contributed by atoms with Crippen molar-refractivity contribution in [3.05, 3.63) is 23.8 Å². The van der Waals surface area contributed by atoms with Crippen LogP contribution in [0.25, 0.3) is 11.6 Å². The molecule has 0 aliphatic heterocycles. The molecule has 2 N–H and O–H groups in total. The van der Waals surface area contributed by atoms with E-state index in [1.807, 2.05) is 13.8 Å². The summed E-state index contributed by atoms with van der Waals surface area (Å²) in [6, 6.07) is 0. The molecule has 5 heteroatoms. The fourth-order valence-electron chi connectivity index (χ4n) is 1.11. The Balaban J connectivity index is 2.55. The van der Waals surface area contributed by atoms with E-state index in [0.29, 0.717) is 17.4 Å². The summed E-state index contributed by atoms with van der Waals surface area (Å²) in [4.78, 5) is 12.2. The van der Waals surface area contributed by atoms with Gasteiger partial charge in [-0.25, -0.2) is 15.0 Å². The predicted octanol–water partition coefficient (Wildman–Crippen LogP) is 1.33. The number of nitrogens with two attached hydrogens (primary N) is 1. The van der Waals surface area contributed by atoms with Gasteiger partial charge in [-0.05, 0) is 13.8 Å². The highest BCUT2D eigenvalue weighted by atomic mass is 16.4. The predicted molar refractivity (Wildman–Crippen MR) is 51.4 cm³/mol. The third-order valence-corrected chi connectivity index (χ3v) is 1.75. The molecule has 0 aromatic carbocycles. The van der Waals surface area contributed by atoms with Crippen molar-refractivity contribution in [1.82, 2.24) is 15.0 Å². The molecule has 2 aromatic heterocycles. The summed E-state index contributed by atoms with van der Waals surface area (Å²) in [7, 11) is 0. The summed E-state index contributed by atoms with van der Waals surface area (Å²) < 4.78 is 5.31. The molecular formula is C9H10N4O. The monoisotopic (exact) mass is 190 g/mol. The quantitative estimate of drug-likeness (QED) is 0.733. The van der Waals surface area contributed by atoms with Gasteiger partial charge in [-0.3, -0.25) is 0 Å². The lowest BCUT2D eigenvalue weighted by atomic mass is 10.4. The standard InChI is InChI=1S/C9H10N4O/c1-5-3-11-8(10)7(13-5)9-12-4-6(2)14-9/h3-4H,1-2H3,(H2,10,11). The molecule has 14 heavy (non-hydrogen) atoms. The third-order valence-electron chi connectivity index (χ3n) is 1.75. The molecule has 2 aromatic rings. The van der Waals surface area contributed by atoms with Gasteiger partial charge < -0.3 is 10.2 Å². The number of hydrogen-bond donors (Lipinski definition) is 1. The molecular weight excluding hydrogens is 180 g/mol. The molecule has 0 unspecified atom stereocenters. The van der Waals surface area contributed by atoms with Crippen LogP contribution in [-0.4, -0.2) is 15.0 Å². The number of aromatic nitrogens is 3. The van der Waals surface area contributed by atoms with Gasteiger partial charge in [0.15, 0.2) is 11.5 Å². The lowest BCUT2D eigenvalue weighted by molar-refractivity contribution is 0.540. The smallest absolute Gasteiger partial charge is 0.249 e. The zero-order valence-electron chi connectivity index (χ0n) is 7.98. The molecule has 0 saturated heterocycles. The van der Waals surface area contributed by atoms with Gasteiger partial charge in [0.2, 0.25) is 5.89 Å². The maximum atomic E-state index is 5.66. The van der Waals surface area contributed by atoms with Crippen molar-refractivity contribution in [2.24, 2.45) is 0 Å². The van der Waals surface area contributed by atoms with Crippen LogP contribution in [0, 0.1) is 13.8 Å². The maximum Gasteiger partial charge on any atom is 0.249 e.